The fourth-order valence-electron chi connectivity index (χ4n) is 2.09. The molecule has 0 aliphatic carbocycles. The summed E-state index contributed by atoms with van der Waals surface area (Å²) >= 11 is 0. The maximum Gasteiger partial charge on any atom is 0.325 e. The smallest absolute Gasteiger partial charge is 0.325 e. The average Bonchev–Trinajstić information content (AvgIpc) is 2.78. The number of unbranched alkanes of at least 4 members (excludes halogenated alkanes) is 1. The highest BCUT2D eigenvalue weighted by Crippen LogP contribution is 2.19. The van der Waals surface area contributed by atoms with Crippen LogP contribution in [0.3, 0.4) is 0 Å². The first kappa shape index (κ1) is 14.1. The number of benzene rings is 1. The number of hydrogen-bond donors (Lipinski definition) is 1. The molecule has 2 aromatic rings. The predicted octanol–water partition coefficient (Wildman–Crippen LogP) is 2.08. The Labute approximate surface area is 117 Å². The Morgan fingerprint density at radius 1 is 1.30 bits per heavy atom. The lowest BCUT2D eigenvalue weighted by molar-refractivity contribution is -0.144. The van der Waals surface area contributed by atoms with Crippen LogP contribution in [-0.4, -0.2) is 23.1 Å². The summed E-state index contributed by atoms with van der Waals surface area (Å²) in [5.41, 5.74) is 6.48. The third-order valence-electron chi connectivity index (χ3n) is 3.11. The van der Waals surface area contributed by atoms with Gasteiger partial charge in [-0.25, -0.2) is 0 Å². The second kappa shape index (κ2) is 6.23. The first-order valence-corrected chi connectivity index (χ1v) is 6.67. The highest BCUT2D eigenvalue weighted by Gasteiger charge is 2.15. The van der Waals surface area contributed by atoms with Gasteiger partial charge in [0, 0.05) is 10.9 Å². The third kappa shape index (κ3) is 2.99. The van der Waals surface area contributed by atoms with Gasteiger partial charge in [0.05, 0.1) is 6.61 Å². The van der Waals surface area contributed by atoms with Gasteiger partial charge in [-0.1, -0.05) is 31.5 Å². The first-order chi connectivity index (χ1) is 9.63. The Kier molecular flexibility index (Phi) is 4.40. The van der Waals surface area contributed by atoms with E-state index in [1.807, 2.05) is 31.2 Å². The van der Waals surface area contributed by atoms with E-state index >= 15 is 0 Å². The number of ether oxygens (including phenoxy) is 1. The van der Waals surface area contributed by atoms with Gasteiger partial charge in [0.2, 0.25) is 0 Å². The molecule has 2 rings (SSSR count). The van der Waals surface area contributed by atoms with E-state index in [0.29, 0.717) is 12.3 Å². The van der Waals surface area contributed by atoms with Crippen LogP contribution < -0.4 is 5.73 Å². The normalized spacial score (nSPS) is 10.7. The van der Waals surface area contributed by atoms with Crippen LogP contribution in [0.5, 0.6) is 0 Å². The minimum Gasteiger partial charge on any atom is -0.464 e. The minimum atomic E-state index is -0.553. The topological polar surface area (TPSA) is 74.3 Å². The van der Waals surface area contributed by atoms with Crippen LogP contribution >= 0.6 is 0 Å². The molecule has 1 amide bonds. The fraction of sp³-hybridized carbons (Fsp3) is 0.333. The molecule has 0 aliphatic heterocycles. The molecule has 0 unspecified atom stereocenters. The maximum atomic E-state index is 11.8. The molecule has 0 aliphatic rings. The van der Waals surface area contributed by atoms with Gasteiger partial charge in [0.25, 0.3) is 5.91 Å². The van der Waals surface area contributed by atoms with Crippen molar-refractivity contribution in [3.8, 4) is 0 Å². The number of nitrogens with two attached hydrogens (primary N) is 1. The Bertz CT molecular complexity index is 631. The van der Waals surface area contributed by atoms with Crippen LogP contribution in [-0.2, 0) is 16.1 Å². The molecule has 0 bridgehead atoms. The zero-order chi connectivity index (χ0) is 14.5. The van der Waals surface area contributed by atoms with E-state index in [4.69, 9.17) is 10.5 Å². The Balaban J connectivity index is 2.25. The van der Waals surface area contributed by atoms with E-state index in [-0.39, 0.29) is 12.5 Å². The quantitative estimate of drug-likeness (QED) is 0.647. The summed E-state index contributed by atoms with van der Waals surface area (Å²) < 4.78 is 6.73. The molecule has 0 radical (unpaired) electrons. The van der Waals surface area contributed by atoms with Crippen molar-refractivity contribution in [2.45, 2.75) is 26.3 Å². The molecule has 106 valence electrons. The Hall–Kier alpha value is -2.30. The van der Waals surface area contributed by atoms with Gasteiger partial charge in [0.15, 0.2) is 0 Å². The number of amides is 1. The van der Waals surface area contributed by atoms with E-state index in [1.54, 1.807) is 10.6 Å². The second-order valence-corrected chi connectivity index (χ2v) is 4.61. The van der Waals surface area contributed by atoms with Crippen molar-refractivity contribution >= 4 is 22.8 Å². The number of carbonyl (C=O) groups excluding carboxylic acids is 2. The van der Waals surface area contributed by atoms with Crippen LogP contribution in [0, 0.1) is 0 Å². The SMILES string of the molecule is CCCCOC(=O)Cn1c(C(N)=O)cc2ccccc21. The molecule has 1 aromatic carbocycles. The summed E-state index contributed by atoms with van der Waals surface area (Å²) in [7, 11) is 0. The first-order valence-electron chi connectivity index (χ1n) is 6.67. The van der Waals surface area contributed by atoms with E-state index in [0.717, 1.165) is 23.7 Å². The Morgan fingerprint density at radius 2 is 2.05 bits per heavy atom. The number of esters is 1. The van der Waals surface area contributed by atoms with Crippen molar-refractivity contribution in [3.05, 3.63) is 36.0 Å². The number of para-hydroxylation sites is 1. The number of rotatable bonds is 6. The van der Waals surface area contributed by atoms with Gasteiger partial charge in [-0.3, -0.25) is 9.59 Å². The zero-order valence-corrected chi connectivity index (χ0v) is 11.5. The maximum absolute atomic E-state index is 11.8. The number of aromatic nitrogens is 1. The molecule has 0 spiro atoms. The van der Waals surface area contributed by atoms with E-state index < -0.39 is 5.91 Å². The van der Waals surface area contributed by atoms with Crippen molar-refractivity contribution in [1.29, 1.82) is 0 Å². The van der Waals surface area contributed by atoms with Crippen LogP contribution in [0.2, 0.25) is 0 Å². The average molecular weight is 274 g/mol. The number of primary amides is 1. The fourth-order valence-corrected chi connectivity index (χ4v) is 2.09. The monoisotopic (exact) mass is 274 g/mol. The lowest BCUT2D eigenvalue weighted by Gasteiger charge is -2.09. The highest BCUT2D eigenvalue weighted by molar-refractivity contribution is 5.98. The van der Waals surface area contributed by atoms with Crippen molar-refractivity contribution in [3.63, 3.8) is 0 Å². The van der Waals surface area contributed by atoms with Crippen LogP contribution in [0.15, 0.2) is 30.3 Å². The lowest BCUT2D eigenvalue weighted by Crippen LogP contribution is -2.21. The standard InChI is InChI=1S/C15H18N2O3/c1-2-3-8-20-14(18)10-17-12-7-5-4-6-11(12)9-13(17)15(16)19/h4-7,9H,2-3,8,10H2,1H3,(H2,16,19). The molecule has 0 saturated carbocycles. The number of nitrogens with zero attached hydrogens (tertiary/aromatic N) is 1. The van der Waals surface area contributed by atoms with Gasteiger partial charge in [-0.05, 0) is 18.6 Å². The van der Waals surface area contributed by atoms with E-state index in [1.165, 1.54) is 0 Å². The molecule has 20 heavy (non-hydrogen) atoms. The molecule has 2 N–H and O–H groups in total. The van der Waals surface area contributed by atoms with Gasteiger partial charge in [0.1, 0.15) is 12.2 Å². The summed E-state index contributed by atoms with van der Waals surface area (Å²) in [4.78, 5) is 23.3. The van der Waals surface area contributed by atoms with Crippen molar-refractivity contribution in [2.24, 2.45) is 5.73 Å². The molecule has 5 nitrogen and oxygen atoms in total. The predicted molar refractivity (Wildman–Crippen MR) is 76.3 cm³/mol. The molecule has 5 heteroatoms. The van der Waals surface area contributed by atoms with E-state index in [2.05, 4.69) is 0 Å². The second-order valence-electron chi connectivity index (χ2n) is 4.61. The highest BCUT2D eigenvalue weighted by atomic mass is 16.5. The minimum absolute atomic E-state index is 0.00446. The summed E-state index contributed by atoms with van der Waals surface area (Å²) in [6.45, 7) is 2.43. The van der Waals surface area contributed by atoms with Crippen LogP contribution in [0.25, 0.3) is 10.9 Å². The summed E-state index contributed by atoms with van der Waals surface area (Å²) in [5.74, 6) is -0.912. The van der Waals surface area contributed by atoms with Crippen molar-refractivity contribution < 1.29 is 14.3 Å². The third-order valence-corrected chi connectivity index (χ3v) is 3.11. The molecular formula is C15H18N2O3. The molecule has 1 heterocycles. The van der Waals surface area contributed by atoms with Crippen LogP contribution in [0.1, 0.15) is 30.3 Å². The summed E-state index contributed by atoms with van der Waals surface area (Å²) in [5, 5.41) is 0.877. The van der Waals surface area contributed by atoms with E-state index in [9.17, 15) is 9.59 Å². The van der Waals surface area contributed by atoms with Gasteiger partial charge < -0.3 is 15.0 Å². The molecule has 1 aromatic heterocycles. The molecule has 0 saturated heterocycles. The largest absolute Gasteiger partial charge is 0.464 e. The molecule has 0 fully saturated rings. The van der Waals surface area contributed by atoms with Crippen molar-refractivity contribution in [2.75, 3.05) is 6.61 Å². The summed E-state index contributed by atoms with van der Waals surface area (Å²) in [6, 6.07) is 9.14. The van der Waals surface area contributed by atoms with Gasteiger partial charge >= 0.3 is 5.97 Å². The lowest BCUT2D eigenvalue weighted by atomic mass is 10.2. The number of hydrogen-bond acceptors (Lipinski definition) is 3. The summed E-state index contributed by atoms with van der Waals surface area (Å²) in [6.07, 6.45) is 1.80. The number of carbonyl (C=O) groups is 2. The van der Waals surface area contributed by atoms with Gasteiger partial charge in [-0.15, -0.1) is 0 Å². The molecular weight excluding hydrogens is 256 g/mol. The zero-order valence-electron chi connectivity index (χ0n) is 11.5. The van der Waals surface area contributed by atoms with Crippen molar-refractivity contribution in [1.82, 2.24) is 4.57 Å². The van der Waals surface area contributed by atoms with Gasteiger partial charge in [-0.2, -0.15) is 0 Å². The number of fused-ring (bicyclic) bond motifs is 1. The molecule has 0 atom stereocenters. The Morgan fingerprint density at radius 3 is 2.75 bits per heavy atom. The van der Waals surface area contributed by atoms with Crippen LogP contribution in [0.4, 0.5) is 0 Å².